The third kappa shape index (κ3) is 4.77. The molecule has 0 amide bonds. The second kappa shape index (κ2) is 6.53. The van der Waals surface area contributed by atoms with Gasteiger partial charge < -0.3 is 5.32 Å². The molecule has 1 nitrogen and oxygen atoms in total. The van der Waals surface area contributed by atoms with Crippen LogP contribution in [0.5, 0.6) is 0 Å². The second-order valence-corrected chi connectivity index (χ2v) is 6.49. The van der Waals surface area contributed by atoms with Gasteiger partial charge in [-0.05, 0) is 17.7 Å². The summed E-state index contributed by atoms with van der Waals surface area (Å²) in [5.74, 6) is 0. The molecule has 0 heterocycles. The average Bonchev–Trinajstić information content (AvgIpc) is 2.18. The molecule has 0 aliphatic heterocycles. The summed E-state index contributed by atoms with van der Waals surface area (Å²) in [5.41, 5.74) is 1.24. The van der Waals surface area contributed by atoms with E-state index in [0.29, 0.717) is 11.3 Å². The minimum atomic E-state index is 0.503. The van der Waals surface area contributed by atoms with Crippen LogP contribution in [0.2, 0.25) is 5.02 Å². The van der Waals surface area contributed by atoms with Gasteiger partial charge in [0.25, 0.3) is 0 Å². The highest BCUT2D eigenvalue weighted by Crippen LogP contribution is 2.30. The van der Waals surface area contributed by atoms with Crippen LogP contribution in [0.25, 0.3) is 0 Å². The SMILES string of the molecule is CC(C)NCc1ccc(SC(C)C)c(Cl)c1. The molecule has 0 unspecified atom stereocenters. The Morgan fingerprint density at radius 3 is 2.44 bits per heavy atom. The van der Waals surface area contributed by atoms with E-state index in [0.717, 1.165) is 11.6 Å². The minimum absolute atomic E-state index is 0.503. The maximum atomic E-state index is 6.24. The Kier molecular flexibility index (Phi) is 5.67. The largest absolute Gasteiger partial charge is 0.310 e. The first-order valence-electron chi connectivity index (χ1n) is 5.67. The predicted octanol–water partition coefficient (Wildman–Crippen LogP) is 4.34. The fraction of sp³-hybridized carbons (Fsp3) is 0.538. The fourth-order valence-corrected chi connectivity index (χ4v) is 2.49. The van der Waals surface area contributed by atoms with E-state index >= 15 is 0 Å². The van der Waals surface area contributed by atoms with E-state index in [9.17, 15) is 0 Å². The molecule has 90 valence electrons. The number of thioether (sulfide) groups is 1. The van der Waals surface area contributed by atoms with E-state index in [1.807, 2.05) is 0 Å². The van der Waals surface area contributed by atoms with Gasteiger partial charge in [0.1, 0.15) is 0 Å². The molecule has 1 aromatic carbocycles. The topological polar surface area (TPSA) is 12.0 Å². The summed E-state index contributed by atoms with van der Waals surface area (Å²) < 4.78 is 0. The van der Waals surface area contributed by atoms with Crippen LogP contribution in [0.3, 0.4) is 0 Å². The van der Waals surface area contributed by atoms with Gasteiger partial charge in [0, 0.05) is 22.7 Å². The Morgan fingerprint density at radius 1 is 1.25 bits per heavy atom. The summed E-state index contributed by atoms with van der Waals surface area (Å²) in [6.45, 7) is 9.52. The van der Waals surface area contributed by atoms with Crippen molar-refractivity contribution in [3.8, 4) is 0 Å². The Morgan fingerprint density at radius 2 is 1.94 bits per heavy atom. The monoisotopic (exact) mass is 257 g/mol. The average molecular weight is 258 g/mol. The van der Waals surface area contributed by atoms with E-state index in [4.69, 9.17) is 11.6 Å². The number of benzene rings is 1. The summed E-state index contributed by atoms with van der Waals surface area (Å²) in [5, 5.41) is 4.81. The lowest BCUT2D eigenvalue weighted by molar-refractivity contribution is 0.588. The molecular formula is C13H20ClNS. The Bertz CT molecular complexity index is 337. The Balaban J connectivity index is 2.67. The highest BCUT2D eigenvalue weighted by Gasteiger charge is 2.05. The van der Waals surface area contributed by atoms with Gasteiger partial charge in [-0.25, -0.2) is 0 Å². The zero-order chi connectivity index (χ0) is 12.1. The van der Waals surface area contributed by atoms with Crippen molar-refractivity contribution in [1.82, 2.24) is 5.32 Å². The van der Waals surface area contributed by atoms with Gasteiger partial charge in [0.2, 0.25) is 0 Å². The number of hydrogen-bond acceptors (Lipinski definition) is 2. The fourth-order valence-electron chi connectivity index (χ4n) is 1.33. The molecule has 0 fully saturated rings. The maximum Gasteiger partial charge on any atom is 0.0545 e. The first-order chi connectivity index (χ1) is 7.49. The molecule has 0 aliphatic carbocycles. The second-order valence-electron chi connectivity index (χ2n) is 4.47. The summed E-state index contributed by atoms with van der Waals surface area (Å²) >= 11 is 8.05. The van der Waals surface area contributed by atoms with Crippen molar-refractivity contribution >= 4 is 23.4 Å². The van der Waals surface area contributed by atoms with Crippen LogP contribution < -0.4 is 5.32 Å². The zero-order valence-electron chi connectivity index (χ0n) is 10.4. The van der Waals surface area contributed by atoms with Crippen molar-refractivity contribution in [2.75, 3.05) is 0 Å². The molecule has 0 atom stereocenters. The predicted molar refractivity (Wildman–Crippen MR) is 74.4 cm³/mol. The number of rotatable bonds is 5. The van der Waals surface area contributed by atoms with Gasteiger partial charge in [-0.15, -0.1) is 11.8 Å². The van der Waals surface area contributed by atoms with E-state index < -0.39 is 0 Å². The first-order valence-corrected chi connectivity index (χ1v) is 6.93. The van der Waals surface area contributed by atoms with Crippen LogP contribution in [0, 0.1) is 0 Å². The van der Waals surface area contributed by atoms with Crippen LogP contribution in [-0.2, 0) is 6.54 Å². The van der Waals surface area contributed by atoms with Crippen molar-refractivity contribution in [3.05, 3.63) is 28.8 Å². The van der Waals surface area contributed by atoms with Gasteiger partial charge in [-0.2, -0.15) is 0 Å². The van der Waals surface area contributed by atoms with Gasteiger partial charge in [0.05, 0.1) is 5.02 Å². The highest BCUT2D eigenvalue weighted by atomic mass is 35.5. The summed E-state index contributed by atoms with van der Waals surface area (Å²) in [7, 11) is 0. The van der Waals surface area contributed by atoms with Crippen molar-refractivity contribution < 1.29 is 0 Å². The first kappa shape index (κ1) is 13.9. The molecule has 0 aliphatic rings. The number of halogens is 1. The smallest absolute Gasteiger partial charge is 0.0545 e. The van der Waals surface area contributed by atoms with E-state index in [1.165, 1.54) is 10.5 Å². The van der Waals surface area contributed by atoms with Gasteiger partial charge in [0.15, 0.2) is 0 Å². The Labute approximate surface area is 108 Å². The summed E-state index contributed by atoms with van der Waals surface area (Å²) in [6, 6.07) is 6.82. The summed E-state index contributed by atoms with van der Waals surface area (Å²) in [6.07, 6.45) is 0. The van der Waals surface area contributed by atoms with Crippen molar-refractivity contribution in [1.29, 1.82) is 0 Å². The molecule has 1 N–H and O–H groups in total. The molecule has 0 saturated heterocycles. The zero-order valence-corrected chi connectivity index (χ0v) is 12.0. The van der Waals surface area contributed by atoms with Gasteiger partial charge >= 0.3 is 0 Å². The molecule has 1 rings (SSSR count). The van der Waals surface area contributed by atoms with Gasteiger partial charge in [-0.1, -0.05) is 45.4 Å². The van der Waals surface area contributed by atoms with Crippen LogP contribution in [-0.4, -0.2) is 11.3 Å². The van der Waals surface area contributed by atoms with Crippen molar-refractivity contribution in [2.45, 2.75) is 50.4 Å². The third-order valence-corrected chi connectivity index (χ3v) is 3.58. The standard InChI is InChI=1S/C13H20ClNS/c1-9(2)15-8-11-5-6-13(12(14)7-11)16-10(3)4/h5-7,9-10,15H,8H2,1-4H3. The lowest BCUT2D eigenvalue weighted by Crippen LogP contribution is -2.21. The van der Waals surface area contributed by atoms with E-state index in [-0.39, 0.29) is 0 Å². The van der Waals surface area contributed by atoms with Crippen LogP contribution in [0.4, 0.5) is 0 Å². The van der Waals surface area contributed by atoms with Crippen LogP contribution in [0.1, 0.15) is 33.3 Å². The van der Waals surface area contributed by atoms with Crippen LogP contribution >= 0.6 is 23.4 Å². The molecule has 0 spiro atoms. The molecule has 0 aromatic heterocycles. The van der Waals surface area contributed by atoms with E-state index in [1.54, 1.807) is 11.8 Å². The quantitative estimate of drug-likeness (QED) is 0.788. The van der Waals surface area contributed by atoms with Crippen molar-refractivity contribution in [3.63, 3.8) is 0 Å². The Hall–Kier alpha value is -0.180. The third-order valence-electron chi connectivity index (χ3n) is 2.07. The lowest BCUT2D eigenvalue weighted by Gasteiger charge is -2.11. The molecule has 0 saturated carbocycles. The number of hydrogen-bond donors (Lipinski definition) is 1. The lowest BCUT2D eigenvalue weighted by atomic mass is 10.2. The van der Waals surface area contributed by atoms with Crippen molar-refractivity contribution in [2.24, 2.45) is 0 Å². The van der Waals surface area contributed by atoms with E-state index in [2.05, 4.69) is 51.2 Å². The molecule has 0 radical (unpaired) electrons. The molecular weight excluding hydrogens is 238 g/mol. The van der Waals surface area contributed by atoms with Gasteiger partial charge in [-0.3, -0.25) is 0 Å². The molecule has 3 heteroatoms. The minimum Gasteiger partial charge on any atom is -0.310 e. The highest BCUT2D eigenvalue weighted by molar-refractivity contribution is 8.00. The maximum absolute atomic E-state index is 6.24. The summed E-state index contributed by atoms with van der Waals surface area (Å²) in [4.78, 5) is 1.17. The number of nitrogens with one attached hydrogen (secondary N) is 1. The molecule has 0 bridgehead atoms. The normalized spacial score (nSPS) is 11.4. The molecule has 16 heavy (non-hydrogen) atoms. The van der Waals surface area contributed by atoms with Crippen LogP contribution in [0.15, 0.2) is 23.1 Å². The molecule has 1 aromatic rings.